The van der Waals surface area contributed by atoms with Crippen LogP contribution in [0.5, 0.6) is 0 Å². The third kappa shape index (κ3) is 1.69. The number of imidazole rings is 1. The third-order valence-corrected chi connectivity index (χ3v) is 1.72. The van der Waals surface area contributed by atoms with Gasteiger partial charge in [-0.05, 0) is 18.6 Å². The lowest BCUT2D eigenvalue weighted by Gasteiger charge is -1.94. The fourth-order valence-electron chi connectivity index (χ4n) is 1.07. The standard InChI is InChI=1S/C8H7FN2.C2H6/c1-5-2-3-6-8(7(5)9)11-4-10-6;1-2/h2-4H,1H3,(H,10,11);1-2H3. The van der Waals surface area contributed by atoms with Gasteiger partial charge in [0.1, 0.15) is 5.52 Å². The Morgan fingerprint density at radius 2 is 2.00 bits per heavy atom. The largest absolute Gasteiger partial charge is 0.345 e. The highest BCUT2D eigenvalue weighted by molar-refractivity contribution is 5.75. The van der Waals surface area contributed by atoms with Crippen LogP contribution < -0.4 is 0 Å². The molecule has 13 heavy (non-hydrogen) atoms. The van der Waals surface area contributed by atoms with E-state index >= 15 is 0 Å². The van der Waals surface area contributed by atoms with Crippen molar-refractivity contribution in [3.63, 3.8) is 0 Å². The van der Waals surface area contributed by atoms with Crippen molar-refractivity contribution in [2.75, 3.05) is 0 Å². The molecule has 2 aromatic rings. The topological polar surface area (TPSA) is 28.7 Å². The van der Waals surface area contributed by atoms with Gasteiger partial charge in [-0.15, -0.1) is 0 Å². The van der Waals surface area contributed by atoms with Crippen molar-refractivity contribution in [3.8, 4) is 0 Å². The lowest BCUT2D eigenvalue weighted by Crippen LogP contribution is -1.82. The molecule has 1 aromatic heterocycles. The van der Waals surface area contributed by atoms with E-state index in [9.17, 15) is 4.39 Å². The normalized spacial score (nSPS) is 9.54. The minimum Gasteiger partial charge on any atom is -0.345 e. The van der Waals surface area contributed by atoms with Crippen LogP contribution in [0.2, 0.25) is 0 Å². The summed E-state index contributed by atoms with van der Waals surface area (Å²) in [6.07, 6.45) is 1.49. The van der Waals surface area contributed by atoms with Gasteiger partial charge in [-0.25, -0.2) is 9.37 Å². The van der Waals surface area contributed by atoms with Crippen LogP contribution in [0.4, 0.5) is 4.39 Å². The fraction of sp³-hybridized carbons (Fsp3) is 0.300. The molecule has 0 aliphatic carbocycles. The number of nitrogens with zero attached hydrogens (tertiary/aromatic N) is 1. The van der Waals surface area contributed by atoms with E-state index in [0.717, 1.165) is 5.52 Å². The van der Waals surface area contributed by atoms with Gasteiger partial charge in [0.05, 0.1) is 11.8 Å². The van der Waals surface area contributed by atoms with Crippen molar-refractivity contribution in [1.82, 2.24) is 9.97 Å². The summed E-state index contributed by atoms with van der Waals surface area (Å²) < 4.78 is 13.1. The summed E-state index contributed by atoms with van der Waals surface area (Å²) in [6.45, 7) is 5.73. The van der Waals surface area contributed by atoms with Crippen LogP contribution in [0, 0.1) is 12.7 Å². The Morgan fingerprint density at radius 1 is 1.31 bits per heavy atom. The molecule has 2 rings (SSSR count). The first kappa shape index (κ1) is 9.71. The quantitative estimate of drug-likeness (QED) is 0.663. The molecule has 2 nitrogen and oxygen atoms in total. The minimum absolute atomic E-state index is 0.233. The van der Waals surface area contributed by atoms with Gasteiger partial charge >= 0.3 is 0 Å². The average Bonchev–Trinajstić information content (AvgIpc) is 2.63. The van der Waals surface area contributed by atoms with E-state index in [1.165, 1.54) is 6.33 Å². The Bertz CT molecular complexity index is 393. The molecule has 1 aromatic carbocycles. The van der Waals surface area contributed by atoms with Crippen LogP contribution in [0.15, 0.2) is 18.5 Å². The van der Waals surface area contributed by atoms with Crippen molar-refractivity contribution in [3.05, 3.63) is 29.8 Å². The van der Waals surface area contributed by atoms with Crippen molar-refractivity contribution in [1.29, 1.82) is 0 Å². The van der Waals surface area contributed by atoms with Gasteiger partial charge in [0.2, 0.25) is 0 Å². The number of rotatable bonds is 0. The molecule has 0 saturated heterocycles. The SMILES string of the molecule is CC.Cc1ccc2[nH]cnc2c1F. The Labute approximate surface area is 76.8 Å². The van der Waals surface area contributed by atoms with Gasteiger partial charge in [-0.1, -0.05) is 19.9 Å². The third-order valence-electron chi connectivity index (χ3n) is 1.72. The first-order chi connectivity index (χ1) is 6.29. The number of aromatic amines is 1. The molecule has 0 amide bonds. The lowest BCUT2D eigenvalue weighted by atomic mass is 10.2. The highest BCUT2D eigenvalue weighted by Gasteiger charge is 2.04. The van der Waals surface area contributed by atoms with E-state index < -0.39 is 0 Å². The Morgan fingerprint density at radius 3 is 2.69 bits per heavy atom. The number of hydrogen-bond donors (Lipinski definition) is 1. The number of fused-ring (bicyclic) bond motifs is 1. The van der Waals surface area contributed by atoms with Crippen molar-refractivity contribution in [2.24, 2.45) is 0 Å². The molecule has 0 atom stereocenters. The highest BCUT2D eigenvalue weighted by Crippen LogP contribution is 2.16. The van der Waals surface area contributed by atoms with E-state index in [1.807, 2.05) is 19.9 Å². The number of halogens is 1. The molecule has 1 heterocycles. The van der Waals surface area contributed by atoms with Crippen LogP contribution in [-0.4, -0.2) is 9.97 Å². The first-order valence-electron chi connectivity index (χ1n) is 4.37. The van der Waals surface area contributed by atoms with Crippen LogP contribution in [0.1, 0.15) is 19.4 Å². The zero-order chi connectivity index (χ0) is 9.84. The first-order valence-corrected chi connectivity index (χ1v) is 4.37. The molecule has 70 valence electrons. The van der Waals surface area contributed by atoms with Gasteiger partial charge in [0.25, 0.3) is 0 Å². The molecule has 0 bridgehead atoms. The summed E-state index contributed by atoms with van der Waals surface area (Å²) >= 11 is 0. The Hall–Kier alpha value is -1.38. The number of hydrogen-bond acceptors (Lipinski definition) is 1. The van der Waals surface area contributed by atoms with Crippen molar-refractivity contribution >= 4 is 11.0 Å². The second kappa shape index (κ2) is 4.03. The Kier molecular flexibility index (Phi) is 3.01. The summed E-state index contributed by atoms with van der Waals surface area (Å²) in [5.41, 5.74) is 1.79. The zero-order valence-corrected chi connectivity index (χ0v) is 8.06. The van der Waals surface area contributed by atoms with Crippen molar-refractivity contribution < 1.29 is 4.39 Å². The molecular weight excluding hydrogens is 167 g/mol. The smallest absolute Gasteiger partial charge is 0.153 e. The molecule has 1 N–H and O–H groups in total. The second-order valence-electron chi connectivity index (χ2n) is 2.50. The number of nitrogens with one attached hydrogen (secondary N) is 1. The summed E-state index contributed by atoms with van der Waals surface area (Å²) in [6, 6.07) is 3.55. The maximum atomic E-state index is 13.1. The van der Waals surface area contributed by atoms with E-state index in [1.54, 1.807) is 13.0 Å². The maximum Gasteiger partial charge on any atom is 0.153 e. The van der Waals surface area contributed by atoms with Gasteiger partial charge in [0, 0.05) is 0 Å². The second-order valence-corrected chi connectivity index (χ2v) is 2.50. The summed E-state index contributed by atoms with van der Waals surface area (Å²) in [5.74, 6) is -0.233. The van der Waals surface area contributed by atoms with Crippen LogP contribution in [-0.2, 0) is 0 Å². The van der Waals surface area contributed by atoms with E-state index in [4.69, 9.17) is 0 Å². The molecule has 0 radical (unpaired) electrons. The molecule has 0 aliphatic heterocycles. The van der Waals surface area contributed by atoms with Gasteiger partial charge in [0.15, 0.2) is 5.82 Å². The highest BCUT2D eigenvalue weighted by atomic mass is 19.1. The van der Waals surface area contributed by atoms with E-state index in [-0.39, 0.29) is 5.82 Å². The van der Waals surface area contributed by atoms with E-state index in [2.05, 4.69) is 9.97 Å². The molecule has 0 fully saturated rings. The number of aromatic nitrogens is 2. The predicted octanol–water partition coefficient (Wildman–Crippen LogP) is 3.04. The molecule has 0 spiro atoms. The van der Waals surface area contributed by atoms with Crippen LogP contribution >= 0.6 is 0 Å². The maximum absolute atomic E-state index is 13.1. The molecular formula is C10H13FN2. The van der Waals surface area contributed by atoms with Gasteiger partial charge < -0.3 is 4.98 Å². The number of benzene rings is 1. The summed E-state index contributed by atoms with van der Waals surface area (Å²) in [5, 5.41) is 0. The fourth-order valence-corrected chi connectivity index (χ4v) is 1.07. The number of aryl methyl sites for hydroxylation is 1. The summed E-state index contributed by atoms with van der Waals surface area (Å²) in [7, 11) is 0. The van der Waals surface area contributed by atoms with Gasteiger partial charge in [-0.2, -0.15) is 0 Å². The lowest BCUT2D eigenvalue weighted by molar-refractivity contribution is 0.628. The molecule has 0 aliphatic rings. The van der Waals surface area contributed by atoms with Gasteiger partial charge in [-0.3, -0.25) is 0 Å². The predicted molar refractivity (Wildman–Crippen MR) is 52.1 cm³/mol. The van der Waals surface area contributed by atoms with E-state index in [0.29, 0.717) is 11.1 Å². The minimum atomic E-state index is -0.233. The zero-order valence-electron chi connectivity index (χ0n) is 8.06. The van der Waals surface area contributed by atoms with Crippen LogP contribution in [0.25, 0.3) is 11.0 Å². The van der Waals surface area contributed by atoms with Crippen LogP contribution in [0.3, 0.4) is 0 Å². The molecule has 0 saturated carbocycles. The Balaban J connectivity index is 0.000000396. The average molecular weight is 180 g/mol. The monoisotopic (exact) mass is 180 g/mol. The molecule has 3 heteroatoms. The summed E-state index contributed by atoms with van der Waals surface area (Å²) in [4.78, 5) is 6.68. The molecule has 0 unspecified atom stereocenters. The van der Waals surface area contributed by atoms with Crippen molar-refractivity contribution in [2.45, 2.75) is 20.8 Å². The number of H-pyrrole nitrogens is 1.